The summed E-state index contributed by atoms with van der Waals surface area (Å²) in [5.74, 6) is 0.918. The minimum atomic E-state index is -0.00454. The number of benzene rings is 1. The number of H-pyrrole nitrogens is 1. The first-order valence-corrected chi connectivity index (χ1v) is 9.73. The summed E-state index contributed by atoms with van der Waals surface area (Å²) in [6.45, 7) is 2.22. The molecule has 1 N–H and O–H groups in total. The van der Waals surface area contributed by atoms with E-state index in [1.54, 1.807) is 0 Å². The predicted molar refractivity (Wildman–Crippen MR) is 97.6 cm³/mol. The molecule has 0 radical (unpaired) electrons. The summed E-state index contributed by atoms with van der Waals surface area (Å²) in [5.41, 5.74) is 1.39. The molecule has 2 aromatic rings. The summed E-state index contributed by atoms with van der Waals surface area (Å²) in [4.78, 5) is 30.0. The third-order valence-electron chi connectivity index (χ3n) is 6.41. The van der Waals surface area contributed by atoms with E-state index in [0.29, 0.717) is 24.1 Å². The van der Waals surface area contributed by atoms with Gasteiger partial charge in [-0.25, -0.2) is 0 Å². The van der Waals surface area contributed by atoms with Crippen LogP contribution in [0.5, 0.6) is 0 Å². The summed E-state index contributed by atoms with van der Waals surface area (Å²) in [7, 11) is 0. The molecule has 2 bridgehead atoms. The second-order valence-electron chi connectivity index (χ2n) is 8.04. The number of carbonyl (C=O) groups excluding carboxylic acids is 2. The van der Waals surface area contributed by atoms with Gasteiger partial charge in [-0.15, -0.1) is 0 Å². The molecule has 3 aliphatic heterocycles. The van der Waals surface area contributed by atoms with E-state index in [0.717, 1.165) is 49.7 Å². The van der Waals surface area contributed by atoms with Gasteiger partial charge >= 0.3 is 0 Å². The molecule has 1 aromatic carbocycles. The minimum Gasteiger partial charge on any atom is -0.340 e. The normalized spacial score (nSPS) is 26.0. The topological polar surface area (TPSA) is 69.3 Å². The fourth-order valence-corrected chi connectivity index (χ4v) is 4.69. The lowest BCUT2D eigenvalue weighted by Crippen LogP contribution is -2.48. The molecule has 136 valence electrons. The van der Waals surface area contributed by atoms with Crippen LogP contribution in [0.25, 0.3) is 10.9 Å². The third kappa shape index (κ3) is 2.50. The van der Waals surface area contributed by atoms with Crippen LogP contribution < -0.4 is 0 Å². The Hall–Kier alpha value is -2.37. The molecule has 1 aliphatic carbocycles. The monoisotopic (exact) mass is 352 g/mol. The van der Waals surface area contributed by atoms with Crippen LogP contribution in [0.4, 0.5) is 0 Å². The van der Waals surface area contributed by atoms with Crippen molar-refractivity contribution in [1.29, 1.82) is 0 Å². The highest BCUT2D eigenvalue weighted by Gasteiger charge is 2.41. The summed E-state index contributed by atoms with van der Waals surface area (Å²) in [6.07, 6.45) is 5.32. The highest BCUT2D eigenvalue weighted by molar-refractivity contribution is 6.04. The van der Waals surface area contributed by atoms with Gasteiger partial charge in [0, 0.05) is 37.0 Å². The zero-order valence-electron chi connectivity index (χ0n) is 14.9. The van der Waals surface area contributed by atoms with Crippen molar-refractivity contribution < 1.29 is 9.59 Å². The largest absolute Gasteiger partial charge is 0.340 e. The number of nitrogens with zero attached hydrogens (tertiary/aromatic N) is 3. The maximum Gasteiger partial charge on any atom is 0.275 e. The maximum atomic E-state index is 13.2. The number of hydrogen-bond donors (Lipinski definition) is 1. The van der Waals surface area contributed by atoms with Crippen LogP contribution in [-0.2, 0) is 4.79 Å². The first kappa shape index (κ1) is 15.9. The van der Waals surface area contributed by atoms with Crippen LogP contribution in [0.1, 0.15) is 42.6 Å². The van der Waals surface area contributed by atoms with Crippen molar-refractivity contribution in [2.75, 3.05) is 19.6 Å². The van der Waals surface area contributed by atoms with E-state index >= 15 is 0 Å². The molecule has 2 amide bonds. The Morgan fingerprint density at radius 1 is 1.04 bits per heavy atom. The highest BCUT2D eigenvalue weighted by atomic mass is 16.2. The van der Waals surface area contributed by atoms with Gasteiger partial charge in [0.1, 0.15) is 0 Å². The summed E-state index contributed by atoms with van der Waals surface area (Å²) in [5, 5.41) is 8.13. The van der Waals surface area contributed by atoms with Crippen molar-refractivity contribution in [3.63, 3.8) is 0 Å². The molecule has 4 aliphatic rings. The maximum absolute atomic E-state index is 13.2. The number of fused-ring (bicyclic) bond motifs is 5. The molecule has 4 fully saturated rings. The molecule has 2 unspecified atom stereocenters. The van der Waals surface area contributed by atoms with E-state index in [2.05, 4.69) is 10.2 Å². The lowest BCUT2D eigenvalue weighted by molar-refractivity contribution is -0.138. The van der Waals surface area contributed by atoms with Crippen LogP contribution >= 0.6 is 0 Å². The van der Waals surface area contributed by atoms with Crippen molar-refractivity contribution >= 4 is 22.7 Å². The van der Waals surface area contributed by atoms with E-state index in [1.165, 1.54) is 6.42 Å². The first-order valence-electron chi connectivity index (χ1n) is 9.73. The number of piperidine rings is 1. The van der Waals surface area contributed by atoms with Gasteiger partial charge in [-0.1, -0.05) is 24.6 Å². The number of amides is 2. The lowest BCUT2D eigenvalue weighted by Gasteiger charge is -2.36. The molecule has 2 atom stereocenters. The number of rotatable bonds is 2. The third-order valence-corrected chi connectivity index (χ3v) is 6.41. The zero-order valence-corrected chi connectivity index (χ0v) is 14.9. The van der Waals surface area contributed by atoms with Gasteiger partial charge in [-0.2, -0.15) is 5.10 Å². The second kappa shape index (κ2) is 6.11. The number of carbonyl (C=O) groups is 2. The number of hydrogen-bond acceptors (Lipinski definition) is 3. The van der Waals surface area contributed by atoms with Crippen LogP contribution in [0.15, 0.2) is 24.3 Å². The Morgan fingerprint density at radius 2 is 1.88 bits per heavy atom. The van der Waals surface area contributed by atoms with Gasteiger partial charge in [-0.3, -0.25) is 14.7 Å². The Bertz CT molecular complexity index is 856. The fraction of sp³-hybridized carbons (Fsp3) is 0.550. The van der Waals surface area contributed by atoms with Crippen molar-refractivity contribution in [3.05, 3.63) is 30.0 Å². The van der Waals surface area contributed by atoms with E-state index in [1.807, 2.05) is 34.1 Å². The van der Waals surface area contributed by atoms with Gasteiger partial charge in [0.25, 0.3) is 5.91 Å². The molecule has 1 saturated carbocycles. The van der Waals surface area contributed by atoms with Crippen LogP contribution in [-0.4, -0.2) is 57.5 Å². The van der Waals surface area contributed by atoms with Gasteiger partial charge < -0.3 is 9.80 Å². The molecule has 1 aromatic heterocycles. The van der Waals surface area contributed by atoms with E-state index in [4.69, 9.17) is 0 Å². The number of para-hydroxylation sites is 1. The number of aromatic amines is 1. The standard InChI is InChI=1S/C20H24N4O2/c25-19(14-4-3-5-14)23-10-13-8-9-15(12-23)24(11-13)20(26)18-16-6-1-2-7-17(16)21-22-18/h1-2,6-7,13-15H,3-5,8-12H2,(H,21,22). The predicted octanol–water partition coefficient (Wildman–Crippen LogP) is 2.43. The van der Waals surface area contributed by atoms with Gasteiger partial charge in [0.05, 0.1) is 5.52 Å². The summed E-state index contributed by atoms with van der Waals surface area (Å²) >= 11 is 0. The van der Waals surface area contributed by atoms with Gasteiger partial charge in [0.15, 0.2) is 5.69 Å². The Labute approximate surface area is 152 Å². The summed E-state index contributed by atoms with van der Waals surface area (Å²) < 4.78 is 0. The van der Waals surface area contributed by atoms with Gasteiger partial charge in [0.2, 0.25) is 5.91 Å². The molecule has 0 spiro atoms. The second-order valence-corrected chi connectivity index (χ2v) is 8.04. The average Bonchev–Trinajstić information content (AvgIpc) is 2.81. The van der Waals surface area contributed by atoms with Crippen LogP contribution in [0, 0.1) is 11.8 Å². The number of nitrogens with one attached hydrogen (secondary N) is 1. The molecular formula is C20H24N4O2. The van der Waals surface area contributed by atoms with E-state index in [-0.39, 0.29) is 17.9 Å². The molecule has 6 heteroatoms. The summed E-state index contributed by atoms with van der Waals surface area (Å²) in [6, 6.07) is 7.86. The highest BCUT2D eigenvalue weighted by Crippen LogP contribution is 2.34. The first-order chi connectivity index (χ1) is 12.7. The van der Waals surface area contributed by atoms with Gasteiger partial charge in [-0.05, 0) is 37.7 Å². The number of aromatic nitrogens is 2. The van der Waals surface area contributed by atoms with E-state index in [9.17, 15) is 9.59 Å². The molecule has 26 heavy (non-hydrogen) atoms. The lowest BCUT2D eigenvalue weighted by atomic mass is 9.84. The zero-order chi connectivity index (χ0) is 17.7. The SMILES string of the molecule is O=C(C1CCC1)N1CC2CCC(C1)N(C(=O)c1n[nH]c3ccccc13)C2. The molecule has 3 saturated heterocycles. The minimum absolute atomic E-state index is 0.00454. The fourth-order valence-electron chi connectivity index (χ4n) is 4.69. The molecular weight excluding hydrogens is 328 g/mol. The van der Waals surface area contributed by atoms with Crippen LogP contribution in [0.2, 0.25) is 0 Å². The van der Waals surface area contributed by atoms with Crippen molar-refractivity contribution in [2.24, 2.45) is 11.8 Å². The Kier molecular flexibility index (Phi) is 3.72. The smallest absolute Gasteiger partial charge is 0.275 e. The molecule has 4 heterocycles. The van der Waals surface area contributed by atoms with Crippen LogP contribution in [0.3, 0.4) is 0 Å². The van der Waals surface area contributed by atoms with Crippen molar-refractivity contribution in [2.45, 2.75) is 38.1 Å². The Balaban J connectivity index is 1.40. The average molecular weight is 352 g/mol. The Morgan fingerprint density at radius 3 is 2.69 bits per heavy atom. The molecule has 6 rings (SSSR count). The van der Waals surface area contributed by atoms with E-state index < -0.39 is 0 Å². The molecule has 6 nitrogen and oxygen atoms in total. The van der Waals surface area contributed by atoms with Crippen molar-refractivity contribution in [3.8, 4) is 0 Å². The quantitative estimate of drug-likeness (QED) is 0.902. The van der Waals surface area contributed by atoms with Crippen molar-refractivity contribution in [1.82, 2.24) is 20.0 Å².